The quantitative estimate of drug-likeness (QED) is 0.408. The van der Waals surface area contributed by atoms with Crippen molar-refractivity contribution >= 4 is 0 Å². The van der Waals surface area contributed by atoms with E-state index in [-0.39, 0.29) is 32.7 Å². The molecule has 0 saturated carbocycles. The Bertz CT molecular complexity index is 173. The summed E-state index contributed by atoms with van der Waals surface area (Å²) in [6, 6.07) is 0. The van der Waals surface area contributed by atoms with E-state index >= 15 is 0 Å². The average Bonchev–Trinajstić information content (AvgIpc) is 2.28. The molecular weight excluding hydrogens is 281 g/mol. The van der Waals surface area contributed by atoms with Crippen LogP contribution in [0.15, 0.2) is 5.18 Å². The second-order valence-corrected chi connectivity index (χ2v) is 4.07. The fourth-order valence-electron chi connectivity index (χ4n) is 1.91. The normalized spacial score (nSPS) is 18.1. The van der Waals surface area contributed by atoms with Crippen molar-refractivity contribution in [1.29, 1.82) is 0 Å². The first kappa shape index (κ1) is 16.6. The van der Waals surface area contributed by atoms with E-state index in [1.165, 1.54) is 12.8 Å². The van der Waals surface area contributed by atoms with Crippen molar-refractivity contribution in [2.24, 2.45) is 11.1 Å². The Kier molecular flexibility index (Phi) is 11.2. The van der Waals surface area contributed by atoms with Gasteiger partial charge in [-0.25, -0.2) is 0 Å². The topological polar surface area (TPSA) is 41.9 Å². The number of hydrogen-bond donors (Lipinski definition) is 0. The number of hydrogen-bond acceptors (Lipinski definition) is 4. The van der Waals surface area contributed by atoms with E-state index < -0.39 is 0 Å². The summed E-state index contributed by atoms with van der Waals surface area (Å²) in [5.41, 5.74) is 0. The van der Waals surface area contributed by atoms with E-state index in [0.29, 0.717) is 12.5 Å². The molecule has 0 aromatic carbocycles. The van der Waals surface area contributed by atoms with Gasteiger partial charge in [0.15, 0.2) is 0 Å². The SMILES string of the molecule is [CH2-]CCOCC1CCN(CCN=O)CC1.[Y]. The van der Waals surface area contributed by atoms with Crippen molar-refractivity contribution in [2.45, 2.75) is 19.3 Å². The molecule has 1 aliphatic heterocycles. The molecule has 0 unspecified atom stereocenters. The number of rotatable bonds is 7. The van der Waals surface area contributed by atoms with E-state index in [2.05, 4.69) is 17.0 Å². The van der Waals surface area contributed by atoms with Crippen molar-refractivity contribution in [2.75, 3.05) is 39.4 Å². The van der Waals surface area contributed by atoms with Gasteiger partial charge in [0.05, 0.1) is 6.54 Å². The second kappa shape index (κ2) is 10.8. The monoisotopic (exact) mass is 302 g/mol. The molecule has 0 N–H and O–H groups in total. The summed E-state index contributed by atoms with van der Waals surface area (Å²) in [6.45, 7) is 8.77. The van der Waals surface area contributed by atoms with Crippen LogP contribution in [-0.2, 0) is 37.4 Å². The molecule has 0 spiro atoms. The first-order valence-electron chi connectivity index (χ1n) is 5.75. The number of likely N-dealkylation sites (tertiary alicyclic amines) is 1. The van der Waals surface area contributed by atoms with Crippen LogP contribution in [0, 0.1) is 17.7 Å². The molecule has 0 bridgehead atoms. The largest absolute Gasteiger partial charge is 0.384 e. The summed E-state index contributed by atoms with van der Waals surface area (Å²) in [6.07, 6.45) is 3.20. The van der Waals surface area contributed by atoms with Gasteiger partial charge in [-0.3, -0.25) is 0 Å². The van der Waals surface area contributed by atoms with Crippen LogP contribution in [0.5, 0.6) is 0 Å². The molecule has 1 fully saturated rings. The molecule has 1 rings (SSSR count). The molecule has 0 atom stereocenters. The van der Waals surface area contributed by atoms with Crippen LogP contribution in [-0.4, -0.2) is 44.3 Å². The van der Waals surface area contributed by atoms with Crippen LogP contribution in [0.3, 0.4) is 0 Å². The maximum Gasteiger partial charge on any atom is 0.0938 e. The predicted octanol–water partition coefficient (Wildman–Crippen LogP) is 1.70. The zero-order valence-corrected chi connectivity index (χ0v) is 12.8. The number of piperidine rings is 1. The van der Waals surface area contributed by atoms with Crippen LogP contribution >= 0.6 is 0 Å². The van der Waals surface area contributed by atoms with Crippen LogP contribution in [0.4, 0.5) is 0 Å². The van der Waals surface area contributed by atoms with Crippen molar-refractivity contribution in [1.82, 2.24) is 4.90 Å². The summed E-state index contributed by atoms with van der Waals surface area (Å²) in [5, 5.41) is 2.89. The van der Waals surface area contributed by atoms with Gasteiger partial charge < -0.3 is 16.6 Å². The van der Waals surface area contributed by atoms with E-state index in [1.54, 1.807) is 0 Å². The molecule has 5 heteroatoms. The maximum atomic E-state index is 9.98. The van der Waals surface area contributed by atoms with Gasteiger partial charge >= 0.3 is 0 Å². The molecule has 16 heavy (non-hydrogen) atoms. The van der Waals surface area contributed by atoms with E-state index in [9.17, 15) is 4.91 Å². The van der Waals surface area contributed by atoms with Gasteiger partial charge in [-0.15, -0.1) is 0 Å². The molecule has 1 heterocycles. The molecule has 4 nitrogen and oxygen atoms in total. The third-order valence-corrected chi connectivity index (χ3v) is 2.86. The Hall–Kier alpha value is 0.624. The van der Waals surface area contributed by atoms with Gasteiger partial charge in [0.25, 0.3) is 0 Å². The summed E-state index contributed by atoms with van der Waals surface area (Å²) in [7, 11) is 0. The van der Waals surface area contributed by atoms with Crippen molar-refractivity contribution in [3.8, 4) is 0 Å². The van der Waals surface area contributed by atoms with Crippen LogP contribution in [0.1, 0.15) is 19.3 Å². The minimum atomic E-state index is 0. The first-order valence-corrected chi connectivity index (χ1v) is 5.75. The molecule has 0 amide bonds. The van der Waals surface area contributed by atoms with Gasteiger partial charge in [0.1, 0.15) is 0 Å². The van der Waals surface area contributed by atoms with Gasteiger partial charge in [0, 0.05) is 52.5 Å². The fourth-order valence-corrected chi connectivity index (χ4v) is 1.91. The number of nitroso groups, excluding NO2 is 1. The third kappa shape index (κ3) is 7.05. The molecule has 1 aliphatic rings. The zero-order valence-electron chi connectivity index (χ0n) is 9.94. The Morgan fingerprint density at radius 2 is 2.06 bits per heavy atom. The van der Waals surface area contributed by atoms with E-state index in [1.807, 2.05) is 0 Å². The maximum absolute atomic E-state index is 9.98. The van der Waals surface area contributed by atoms with Gasteiger partial charge in [-0.2, -0.15) is 11.3 Å². The Labute approximate surface area is 123 Å². The zero-order chi connectivity index (χ0) is 10.9. The Morgan fingerprint density at radius 1 is 1.38 bits per heavy atom. The smallest absolute Gasteiger partial charge is 0.0938 e. The van der Waals surface area contributed by atoms with Crippen molar-refractivity contribution < 1.29 is 37.4 Å². The number of nitrogens with zero attached hydrogens (tertiary/aromatic N) is 2. The summed E-state index contributed by atoms with van der Waals surface area (Å²) >= 11 is 0. The molecular formula is C11H21N2O2Y-. The number of ether oxygens (including phenoxy) is 1. The molecule has 0 aromatic rings. The second-order valence-electron chi connectivity index (χ2n) is 4.07. The first-order chi connectivity index (χ1) is 7.36. The Balaban J connectivity index is 0.00000225. The van der Waals surface area contributed by atoms with Crippen LogP contribution in [0.2, 0.25) is 0 Å². The summed E-state index contributed by atoms with van der Waals surface area (Å²) in [5.74, 6) is 0.692. The molecule has 0 aromatic heterocycles. The van der Waals surface area contributed by atoms with Crippen LogP contribution in [0.25, 0.3) is 0 Å². The van der Waals surface area contributed by atoms with Crippen molar-refractivity contribution in [3.63, 3.8) is 0 Å². The predicted molar refractivity (Wildman–Crippen MR) is 60.6 cm³/mol. The molecule has 1 saturated heterocycles. The average molecular weight is 302 g/mol. The minimum absolute atomic E-state index is 0. The fraction of sp³-hybridized carbons (Fsp3) is 0.909. The van der Waals surface area contributed by atoms with E-state index in [4.69, 9.17) is 4.74 Å². The summed E-state index contributed by atoms with van der Waals surface area (Å²) in [4.78, 5) is 12.3. The Morgan fingerprint density at radius 3 is 2.62 bits per heavy atom. The molecule has 0 aliphatic carbocycles. The molecule has 1 radical (unpaired) electrons. The third-order valence-electron chi connectivity index (χ3n) is 2.86. The summed E-state index contributed by atoms with van der Waals surface area (Å²) < 4.78 is 5.49. The van der Waals surface area contributed by atoms with Gasteiger partial charge in [0.2, 0.25) is 0 Å². The van der Waals surface area contributed by atoms with Gasteiger partial charge in [-0.05, 0) is 31.8 Å². The van der Waals surface area contributed by atoms with E-state index in [0.717, 1.165) is 39.3 Å². The van der Waals surface area contributed by atoms with Gasteiger partial charge in [-0.1, -0.05) is 5.18 Å². The standard InChI is InChI=1S/C11H21N2O2.Y/c1-2-9-15-10-11-3-6-13(7-4-11)8-5-12-14;/h11H,1-10H2;/q-1;. The molecule has 91 valence electrons. The van der Waals surface area contributed by atoms with Crippen molar-refractivity contribution in [3.05, 3.63) is 11.8 Å². The van der Waals surface area contributed by atoms with Crippen LogP contribution < -0.4 is 0 Å². The minimum Gasteiger partial charge on any atom is -0.384 e.